The molecule has 0 aliphatic heterocycles. The van der Waals surface area contributed by atoms with Crippen molar-refractivity contribution in [3.63, 3.8) is 0 Å². The standard InChI is InChI=1S/C11H15NO5S/c1-17-11(14)10(7-13)12-18(15,16)8-9-5-3-2-4-6-9/h2-6,10,12-13H,7-8H2,1H3. The zero-order chi connectivity index (χ0) is 13.6. The number of esters is 1. The Labute approximate surface area is 106 Å². The molecule has 1 aromatic carbocycles. The van der Waals surface area contributed by atoms with Crippen LogP contribution in [-0.4, -0.2) is 39.3 Å². The number of benzene rings is 1. The summed E-state index contributed by atoms with van der Waals surface area (Å²) in [7, 11) is -2.59. The molecule has 1 atom stereocenters. The van der Waals surface area contributed by atoms with Gasteiger partial charge in [-0.1, -0.05) is 30.3 Å². The molecule has 0 amide bonds. The van der Waals surface area contributed by atoms with Crippen LogP contribution in [0.5, 0.6) is 0 Å². The lowest BCUT2D eigenvalue weighted by Crippen LogP contribution is -2.44. The first kappa shape index (κ1) is 14.6. The lowest BCUT2D eigenvalue weighted by molar-refractivity contribution is -0.143. The van der Waals surface area contributed by atoms with Crippen molar-refractivity contribution in [2.45, 2.75) is 11.8 Å². The largest absolute Gasteiger partial charge is 0.468 e. The van der Waals surface area contributed by atoms with Crippen molar-refractivity contribution in [2.75, 3.05) is 13.7 Å². The van der Waals surface area contributed by atoms with Crippen molar-refractivity contribution in [2.24, 2.45) is 0 Å². The first-order valence-electron chi connectivity index (χ1n) is 5.21. The van der Waals surface area contributed by atoms with Gasteiger partial charge in [0.25, 0.3) is 0 Å². The fourth-order valence-corrected chi connectivity index (χ4v) is 2.67. The van der Waals surface area contributed by atoms with E-state index in [9.17, 15) is 13.2 Å². The van der Waals surface area contributed by atoms with Gasteiger partial charge < -0.3 is 9.84 Å². The molecule has 0 bridgehead atoms. The van der Waals surface area contributed by atoms with E-state index in [0.717, 1.165) is 7.11 Å². The minimum Gasteiger partial charge on any atom is -0.468 e. The molecule has 1 unspecified atom stereocenters. The minimum atomic E-state index is -3.71. The van der Waals surface area contributed by atoms with E-state index >= 15 is 0 Å². The van der Waals surface area contributed by atoms with Crippen LogP contribution >= 0.6 is 0 Å². The SMILES string of the molecule is COC(=O)C(CO)NS(=O)(=O)Cc1ccccc1. The third-order valence-electron chi connectivity index (χ3n) is 2.19. The number of nitrogens with one attached hydrogen (secondary N) is 1. The van der Waals surface area contributed by atoms with Crippen molar-refractivity contribution >= 4 is 16.0 Å². The number of hydrogen-bond donors (Lipinski definition) is 2. The van der Waals surface area contributed by atoms with Gasteiger partial charge in [0, 0.05) is 0 Å². The first-order valence-corrected chi connectivity index (χ1v) is 6.86. The summed E-state index contributed by atoms with van der Waals surface area (Å²) >= 11 is 0. The topological polar surface area (TPSA) is 92.7 Å². The third-order valence-corrected chi connectivity index (χ3v) is 3.55. The third kappa shape index (κ3) is 4.44. The van der Waals surface area contributed by atoms with E-state index in [0.29, 0.717) is 5.56 Å². The van der Waals surface area contributed by atoms with E-state index in [-0.39, 0.29) is 5.75 Å². The quantitative estimate of drug-likeness (QED) is 0.690. The van der Waals surface area contributed by atoms with Gasteiger partial charge in [-0.3, -0.25) is 4.79 Å². The van der Waals surface area contributed by atoms with Crippen molar-refractivity contribution in [1.29, 1.82) is 0 Å². The number of methoxy groups -OCH3 is 1. The average Bonchev–Trinajstić information content (AvgIpc) is 2.35. The molecule has 0 saturated heterocycles. The van der Waals surface area contributed by atoms with Crippen LogP contribution < -0.4 is 4.72 Å². The summed E-state index contributed by atoms with van der Waals surface area (Å²) in [5.74, 6) is -1.09. The van der Waals surface area contributed by atoms with Gasteiger partial charge in [-0.05, 0) is 5.56 Å². The Bertz CT molecular complexity index is 485. The smallest absolute Gasteiger partial charge is 0.326 e. The summed E-state index contributed by atoms with van der Waals surface area (Å²) in [5, 5.41) is 8.93. The predicted octanol–water partition coefficient (Wildman–Crippen LogP) is -0.360. The van der Waals surface area contributed by atoms with Crippen LogP contribution in [0.25, 0.3) is 0 Å². The predicted molar refractivity (Wildman–Crippen MR) is 65.1 cm³/mol. The molecule has 0 spiro atoms. The Balaban J connectivity index is 2.73. The number of aliphatic hydroxyl groups excluding tert-OH is 1. The fraction of sp³-hybridized carbons (Fsp3) is 0.364. The highest BCUT2D eigenvalue weighted by molar-refractivity contribution is 7.88. The molecule has 2 N–H and O–H groups in total. The second kappa shape index (κ2) is 6.48. The normalized spacial score (nSPS) is 13.0. The van der Waals surface area contributed by atoms with Crippen LogP contribution in [0, 0.1) is 0 Å². The molecule has 6 nitrogen and oxygen atoms in total. The Morgan fingerprint density at radius 1 is 1.39 bits per heavy atom. The number of carbonyl (C=O) groups is 1. The van der Waals surface area contributed by atoms with Crippen molar-refractivity contribution in [3.8, 4) is 0 Å². The van der Waals surface area contributed by atoms with E-state index in [2.05, 4.69) is 9.46 Å². The molecule has 0 aliphatic carbocycles. The van der Waals surface area contributed by atoms with E-state index in [1.165, 1.54) is 0 Å². The maximum atomic E-state index is 11.8. The molecule has 1 rings (SSSR count). The summed E-state index contributed by atoms with van der Waals surface area (Å²) in [6.45, 7) is -0.652. The lowest BCUT2D eigenvalue weighted by atomic mass is 10.2. The van der Waals surface area contributed by atoms with Crippen LogP contribution in [0.4, 0.5) is 0 Å². The average molecular weight is 273 g/mol. The van der Waals surface area contributed by atoms with Crippen LogP contribution in [-0.2, 0) is 25.3 Å². The first-order chi connectivity index (χ1) is 8.48. The zero-order valence-corrected chi connectivity index (χ0v) is 10.7. The van der Waals surface area contributed by atoms with Gasteiger partial charge in [0.1, 0.15) is 6.04 Å². The number of hydrogen-bond acceptors (Lipinski definition) is 5. The molecule has 100 valence electrons. The Morgan fingerprint density at radius 2 is 2.00 bits per heavy atom. The molecule has 7 heteroatoms. The summed E-state index contributed by atoms with van der Waals surface area (Å²) in [6.07, 6.45) is 0. The number of ether oxygens (including phenoxy) is 1. The van der Waals surface area contributed by atoms with Crippen molar-refractivity contribution < 1.29 is 23.1 Å². The van der Waals surface area contributed by atoms with Crippen LogP contribution in [0.15, 0.2) is 30.3 Å². The second-order valence-electron chi connectivity index (χ2n) is 3.62. The van der Waals surface area contributed by atoms with E-state index in [1.807, 2.05) is 0 Å². The molecule has 0 saturated carbocycles. The Kier molecular flexibility index (Phi) is 5.26. The van der Waals surface area contributed by atoms with Gasteiger partial charge in [0.05, 0.1) is 19.5 Å². The van der Waals surface area contributed by atoms with Crippen molar-refractivity contribution in [1.82, 2.24) is 4.72 Å². The molecular weight excluding hydrogens is 258 g/mol. The molecule has 18 heavy (non-hydrogen) atoms. The Hall–Kier alpha value is -1.44. The van der Waals surface area contributed by atoms with Gasteiger partial charge in [-0.25, -0.2) is 8.42 Å². The molecule has 0 aromatic heterocycles. The Morgan fingerprint density at radius 3 is 2.50 bits per heavy atom. The maximum absolute atomic E-state index is 11.8. The minimum absolute atomic E-state index is 0.263. The van der Waals surface area contributed by atoms with E-state index in [4.69, 9.17) is 5.11 Å². The van der Waals surface area contributed by atoms with E-state index < -0.39 is 28.6 Å². The van der Waals surface area contributed by atoms with E-state index in [1.54, 1.807) is 30.3 Å². The molecule has 0 aliphatic rings. The van der Waals surface area contributed by atoms with Crippen molar-refractivity contribution in [3.05, 3.63) is 35.9 Å². The molecule has 0 radical (unpaired) electrons. The fourth-order valence-electron chi connectivity index (χ4n) is 1.35. The summed E-state index contributed by atoms with van der Waals surface area (Å²) in [6, 6.07) is 7.25. The highest BCUT2D eigenvalue weighted by Gasteiger charge is 2.24. The van der Waals surface area contributed by atoms with Gasteiger partial charge in [0.2, 0.25) is 10.0 Å². The summed E-state index contributed by atoms with van der Waals surface area (Å²) < 4.78 is 30.0. The zero-order valence-electron chi connectivity index (χ0n) is 9.87. The number of sulfonamides is 1. The van der Waals surface area contributed by atoms with Gasteiger partial charge >= 0.3 is 5.97 Å². The number of carbonyl (C=O) groups excluding carboxylic acids is 1. The van der Waals surface area contributed by atoms with Gasteiger partial charge in [-0.2, -0.15) is 4.72 Å². The maximum Gasteiger partial charge on any atom is 0.326 e. The van der Waals surface area contributed by atoms with Gasteiger partial charge in [-0.15, -0.1) is 0 Å². The highest BCUT2D eigenvalue weighted by atomic mass is 32.2. The van der Waals surface area contributed by atoms with Gasteiger partial charge in [0.15, 0.2) is 0 Å². The highest BCUT2D eigenvalue weighted by Crippen LogP contribution is 2.05. The summed E-state index contributed by atoms with van der Waals surface area (Å²) in [4.78, 5) is 11.2. The second-order valence-corrected chi connectivity index (χ2v) is 5.37. The number of aliphatic hydroxyl groups is 1. The number of rotatable bonds is 6. The van der Waals surface area contributed by atoms with Crippen LogP contribution in [0.2, 0.25) is 0 Å². The van der Waals surface area contributed by atoms with Crippen LogP contribution in [0.1, 0.15) is 5.56 Å². The molecule has 0 fully saturated rings. The van der Waals surface area contributed by atoms with Crippen LogP contribution in [0.3, 0.4) is 0 Å². The lowest BCUT2D eigenvalue weighted by Gasteiger charge is -2.14. The monoisotopic (exact) mass is 273 g/mol. The molecule has 0 heterocycles. The summed E-state index contributed by atoms with van der Waals surface area (Å²) in [5.41, 5.74) is 0.589. The molecule has 1 aromatic rings. The molecular formula is C11H15NO5S.